The Morgan fingerprint density at radius 2 is 1.71 bits per heavy atom. The molecule has 0 saturated heterocycles. The third-order valence-corrected chi connectivity index (χ3v) is 7.44. The molecule has 0 aliphatic rings. The summed E-state index contributed by atoms with van der Waals surface area (Å²) in [4.78, 5) is 8.04. The van der Waals surface area contributed by atoms with Crippen LogP contribution >= 0.6 is 0 Å². The van der Waals surface area contributed by atoms with Crippen LogP contribution in [0.15, 0.2) is 18.3 Å². The van der Waals surface area contributed by atoms with Crippen LogP contribution in [0.25, 0.3) is 0 Å². The van der Waals surface area contributed by atoms with E-state index in [0.29, 0.717) is 15.7 Å². The second-order valence-corrected chi connectivity index (χ2v) is 13.1. The second kappa shape index (κ2) is 7.46. The van der Waals surface area contributed by atoms with Crippen LogP contribution in [0, 0.1) is 0 Å². The van der Waals surface area contributed by atoms with Crippen molar-refractivity contribution in [1.29, 1.82) is 0 Å². The number of anilines is 2. The molecule has 2 rings (SSSR count). The molecule has 0 bridgehead atoms. The van der Waals surface area contributed by atoms with Gasteiger partial charge < -0.3 is 0 Å². The number of nitrogens with two attached hydrogens (primary N) is 2. The number of benzene rings is 1. The molecule has 0 aliphatic heterocycles. The molecule has 2 radical (unpaired) electrons. The molecule has 0 spiro atoms. The average molecular weight is 435 g/mol. The van der Waals surface area contributed by atoms with E-state index in [4.69, 9.17) is 20.9 Å². The Morgan fingerprint density at radius 1 is 1.04 bits per heavy atom. The monoisotopic (exact) mass is 436 g/mol. The molecule has 0 fully saturated rings. The molecule has 1 aromatic carbocycles. The van der Waals surface area contributed by atoms with Crippen molar-refractivity contribution in [2.75, 3.05) is 25.7 Å². The van der Waals surface area contributed by atoms with Crippen LogP contribution in [0.3, 0.4) is 0 Å². The minimum atomic E-state index is -0.829. The second-order valence-electron chi connectivity index (χ2n) is 6.53. The molecule has 128 valence electrons. The van der Waals surface area contributed by atoms with E-state index in [-0.39, 0.29) is 5.95 Å². The van der Waals surface area contributed by atoms with Crippen LogP contribution < -0.4 is 24.5 Å². The van der Waals surface area contributed by atoms with E-state index in [1.807, 2.05) is 0 Å². The first-order chi connectivity index (χ1) is 11.2. The summed E-state index contributed by atoms with van der Waals surface area (Å²) in [5, 5.41) is 0. The van der Waals surface area contributed by atoms with Crippen LogP contribution in [0.1, 0.15) is 31.9 Å². The van der Waals surface area contributed by atoms with E-state index in [9.17, 15) is 0 Å². The van der Waals surface area contributed by atoms with E-state index in [1.54, 1.807) is 20.4 Å². The fourth-order valence-electron chi connectivity index (χ4n) is 2.45. The van der Waals surface area contributed by atoms with Crippen molar-refractivity contribution >= 4 is 36.5 Å². The summed E-state index contributed by atoms with van der Waals surface area (Å²) >= 11 is -0.829. The number of nitrogen functional groups attached to an aromatic ring is 2. The number of rotatable bonds is 5. The van der Waals surface area contributed by atoms with Crippen LogP contribution in [-0.4, -0.2) is 45.3 Å². The molecule has 6 nitrogen and oxygen atoms in total. The van der Waals surface area contributed by atoms with Gasteiger partial charge in [-0.15, -0.1) is 0 Å². The molecule has 0 atom stereocenters. The zero-order valence-electron chi connectivity index (χ0n) is 14.8. The molecule has 1 heterocycles. The molecule has 1 aromatic heterocycles. The van der Waals surface area contributed by atoms with Crippen LogP contribution in [0.2, 0.25) is 3.43 Å². The summed E-state index contributed by atoms with van der Waals surface area (Å²) in [7, 11) is 3.35. The molecule has 0 unspecified atom stereocenters. The first-order valence-corrected chi connectivity index (χ1v) is 10.5. The normalized spacial score (nSPS) is 11.4. The SMILES string of the molecule is COc1c(Cc2cnc(N)nc2N)cc[c]([Sn][C](C)(C)C)c1OC. The van der Waals surface area contributed by atoms with Gasteiger partial charge in [0, 0.05) is 0 Å². The molecule has 0 saturated carbocycles. The van der Waals surface area contributed by atoms with Gasteiger partial charge in [-0.05, 0) is 0 Å². The maximum absolute atomic E-state index is 5.95. The summed E-state index contributed by atoms with van der Waals surface area (Å²) < 4.78 is 12.9. The first kappa shape index (κ1) is 18.6. The molecular formula is C17H24N4O2Sn. The fourth-order valence-corrected chi connectivity index (χ4v) is 6.17. The summed E-state index contributed by atoms with van der Waals surface area (Å²) in [5.74, 6) is 2.16. The predicted octanol–water partition coefficient (Wildman–Crippen LogP) is 1.80. The number of methoxy groups -OCH3 is 2. The van der Waals surface area contributed by atoms with Crippen molar-refractivity contribution in [1.82, 2.24) is 9.97 Å². The Balaban J connectivity index is 2.43. The van der Waals surface area contributed by atoms with Crippen LogP contribution in [-0.2, 0) is 6.42 Å². The average Bonchev–Trinajstić information content (AvgIpc) is 2.49. The number of hydrogen-bond donors (Lipinski definition) is 2. The maximum atomic E-state index is 5.95. The topological polar surface area (TPSA) is 96.3 Å². The zero-order valence-corrected chi connectivity index (χ0v) is 17.7. The molecule has 0 aliphatic carbocycles. The molecular weight excluding hydrogens is 411 g/mol. The molecule has 7 heteroatoms. The summed E-state index contributed by atoms with van der Waals surface area (Å²) in [6, 6.07) is 4.24. The number of nitrogens with zero attached hydrogens (tertiary/aromatic N) is 2. The molecule has 24 heavy (non-hydrogen) atoms. The first-order valence-electron chi connectivity index (χ1n) is 7.64. The molecule has 2 aromatic rings. The zero-order chi connectivity index (χ0) is 17.9. The van der Waals surface area contributed by atoms with Gasteiger partial charge in [0.2, 0.25) is 0 Å². The Kier molecular flexibility index (Phi) is 5.79. The van der Waals surface area contributed by atoms with E-state index >= 15 is 0 Å². The Bertz CT molecular complexity index is 729. The van der Waals surface area contributed by atoms with Crippen molar-refractivity contribution in [3.05, 3.63) is 29.5 Å². The van der Waals surface area contributed by atoms with Gasteiger partial charge in [-0.1, -0.05) is 0 Å². The van der Waals surface area contributed by atoms with Crippen molar-refractivity contribution < 1.29 is 9.47 Å². The van der Waals surface area contributed by atoms with Crippen LogP contribution in [0.5, 0.6) is 11.5 Å². The van der Waals surface area contributed by atoms with Crippen molar-refractivity contribution in [2.45, 2.75) is 30.6 Å². The predicted molar refractivity (Wildman–Crippen MR) is 98.3 cm³/mol. The Hall–Kier alpha value is -1.70. The Labute approximate surface area is 153 Å². The van der Waals surface area contributed by atoms with Crippen molar-refractivity contribution in [2.24, 2.45) is 0 Å². The van der Waals surface area contributed by atoms with Crippen molar-refractivity contribution in [3.8, 4) is 11.5 Å². The van der Waals surface area contributed by atoms with Gasteiger partial charge in [0.05, 0.1) is 0 Å². The number of aromatic nitrogens is 2. The van der Waals surface area contributed by atoms with Crippen molar-refractivity contribution in [3.63, 3.8) is 0 Å². The molecule has 4 N–H and O–H groups in total. The quantitative estimate of drug-likeness (QED) is 0.696. The van der Waals surface area contributed by atoms with Gasteiger partial charge in [0.1, 0.15) is 0 Å². The van der Waals surface area contributed by atoms with Gasteiger partial charge in [0.25, 0.3) is 0 Å². The summed E-state index contributed by atoms with van der Waals surface area (Å²) in [5.41, 5.74) is 13.3. The van der Waals surface area contributed by atoms with Gasteiger partial charge >= 0.3 is 153 Å². The number of hydrogen-bond acceptors (Lipinski definition) is 6. The van der Waals surface area contributed by atoms with Gasteiger partial charge in [-0.2, -0.15) is 0 Å². The van der Waals surface area contributed by atoms with Gasteiger partial charge in [-0.25, -0.2) is 0 Å². The molecule has 0 amide bonds. The summed E-state index contributed by atoms with van der Waals surface area (Å²) in [6.07, 6.45) is 2.22. The standard InChI is InChI=1S/C13H15N4O2.C4H9.Sn/c1-18-10-5-3-4-8(11(10)19-2)6-9-7-16-13(15)17-12(9)14;1-4(2)3;/h3-4,7H,6H2,1-2H3,(H4,14,15,16,17);1-3H3;. The van der Waals surface area contributed by atoms with Gasteiger partial charge in [-0.3, -0.25) is 0 Å². The van der Waals surface area contributed by atoms with E-state index in [0.717, 1.165) is 22.6 Å². The summed E-state index contributed by atoms with van der Waals surface area (Å²) in [6.45, 7) is 6.81. The van der Waals surface area contributed by atoms with E-state index < -0.39 is 21.1 Å². The third kappa shape index (κ3) is 4.43. The minimum absolute atomic E-state index is 0.175. The third-order valence-electron chi connectivity index (χ3n) is 3.41. The fraction of sp³-hybridized carbons (Fsp3) is 0.412. The van der Waals surface area contributed by atoms with Gasteiger partial charge in [0.15, 0.2) is 0 Å². The Morgan fingerprint density at radius 3 is 2.25 bits per heavy atom. The van der Waals surface area contributed by atoms with E-state index in [2.05, 4.69) is 42.9 Å². The number of ether oxygens (including phenoxy) is 2. The van der Waals surface area contributed by atoms with Crippen LogP contribution in [0.4, 0.5) is 11.8 Å². The van der Waals surface area contributed by atoms with E-state index in [1.165, 1.54) is 3.58 Å².